The number of urea groups is 2. The van der Waals surface area contributed by atoms with Crippen LogP contribution in [0, 0.1) is 0 Å². The van der Waals surface area contributed by atoms with Gasteiger partial charge in [0.1, 0.15) is 17.4 Å². The van der Waals surface area contributed by atoms with E-state index in [1.165, 1.54) is 12.1 Å². The van der Waals surface area contributed by atoms with Crippen molar-refractivity contribution >= 4 is 47.5 Å². The minimum atomic E-state index is -0.957. The van der Waals surface area contributed by atoms with Gasteiger partial charge >= 0.3 is 18.2 Å². The molecule has 8 amide bonds. The minimum absolute atomic E-state index is 0.0494. The molecule has 3 rings (SSSR count). The van der Waals surface area contributed by atoms with Crippen LogP contribution in [0.4, 0.5) is 20.1 Å². The Balaban J connectivity index is 1.56. The average molecular weight is 890 g/mol. The Morgan fingerprint density at radius 3 is 2.08 bits per heavy atom. The number of hydroxylamine groups is 1. The van der Waals surface area contributed by atoms with Gasteiger partial charge < -0.3 is 58.1 Å². The van der Waals surface area contributed by atoms with Crippen molar-refractivity contribution in [3.8, 4) is 5.75 Å². The van der Waals surface area contributed by atoms with Gasteiger partial charge in [0.25, 0.3) is 0 Å². The van der Waals surface area contributed by atoms with Gasteiger partial charge in [-0.15, -0.1) is 0 Å². The maximum Gasteiger partial charge on any atom is 0.407 e. The van der Waals surface area contributed by atoms with Crippen molar-refractivity contribution in [2.75, 3.05) is 51.2 Å². The molecule has 0 spiro atoms. The second-order valence-electron chi connectivity index (χ2n) is 15.3. The molecular formula is C44H63N11O9. The van der Waals surface area contributed by atoms with Crippen LogP contribution in [-0.4, -0.2) is 104 Å². The Morgan fingerprint density at radius 1 is 0.719 bits per heavy atom. The number of aromatic hydroxyl groups is 1. The molecule has 0 saturated heterocycles. The summed E-state index contributed by atoms with van der Waals surface area (Å²) in [6.45, 7) is 8.89. The van der Waals surface area contributed by atoms with Gasteiger partial charge in [-0.3, -0.25) is 19.2 Å². The molecule has 0 saturated carbocycles. The first-order valence-corrected chi connectivity index (χ1v) is 21.1. The van der Waals surface area contributed by atoms with E-state index in [2.05, 4.69) is 53.0 Å². The number of amides is 8. The van der Waals surface area contributed by atoms with Gasteiger partial charge in [0.05, 0.1) is 12.5 Å². The van der Waals surface area contributed by atoms with E-state index in [0.29, 0.717) is 43.5 Å². The molecule has 20 heteroatoms. The van der Waals surface area contributed by atoms with Crippen LogP contribution in [0.2, 0.25) is 0 Å². The van der Waals surface area contributed by atoms with Crippen LogP contribution in [0.3, 0.4) is 0 Å². The number of phenols is 1. The minimum Gasteiger partial charge on any atom is -0.508 e. The zero-order valence-corrected chi connectivity index (χ0v) is 36.9. The summed E-state index contributed by atoms with van der Waals surface area (Å²) in [6.07, 6.45) is 0.909. The summed E-state index contributed by atoms with van der Waals surface area (Å²) in [5, 5.41) is 32.0. The summed E-state index contributed by atoms with van der Waals surface area (Å²) >= 11 is 0. The van der Waals surface area contributed by atoms with Crippen LogP contribution >= 0.6 is 0 Å². The zero-order valence-electron chi connectivity index (χ0n) is 36.9. The third-order valence-electron chi connectivity index (χ3n) is 8.92. The molecule has 0 aliphatic heterocycles. The number of nitrogens with two attached hydrogens (primary N) is 1. The molecule has 0 heterocycles. The van der Waals surface area contributed by atoms with Crippen LogP contribution in [0.5, 0.6) is 5.75 Å². The second-order valence-corrected chi connectivity index (χ2v) is 15.3. The van der Waals surface area contributed by atoms with Gasteiger partial charge in [0, 0.05) is 57.9 Å². The lowest BCUT2D eigenvalue weighted by molar-refractivity contribution is -0.129. The van der Waals surface area contributed by atoms with E-state index in [1.807, 2.05) is 54.6 Å². The maximum atomic E-state index is 14.2. The fourth-order valence-electron chi connectivity index (χ4n) is 5.79. The molecule has 348 valence electrons. The topological polar surface area (TPSA) is 288 Å². The molecule has 2 atom stereocenters. The number of carbonyl (C=O) groups excluding carboxylic acids is 6. The molecule has 3 aromatic carbocycles. The Labute approximate surface area is 373 Å². The SMILES string of the molecule is CCC(=O)NCCNC(=O)/N=C(/N)NCCC[C@@H](NC(=O)C(c1ccccc1)c1ccc(NCCCNC(=O)NOCCNC(=O)OC(C)(C)C)cc1)C(=O)NCc1ccc(O)cc1. The molecule has 0 aliphatic carbocycles. The fraction of sp³-hybridized carbons (Fsp3) is 0.432. The normalized spacial score (nSPS) is 12.1. The van der Waals surface area contributed by atoms with Crippen molar-refractivity contribution in [2.24, 2.45) is 10.7 Å². The lowest BCUT2D eigenvalue weighted by Gasteiger charge is -2.23. The first kappa shape index (κ1) is 51.3. The molecule has 1 unspecified atom stereocenters. The molecule has 3 aromatic rings. The first-order chi connectivity index (χ1) is 30.6. The number of aliphatic imine (C=N–C) groups is 1. The standard InChI is InChI=1S/C44H63N11O9/c1-5-36(57)47-25-26-50-41(60)54-40(45)48-22-9-13-35(38(58)52-29-30-14-20-34(56)21-15-30)53-39(59)37(31-11-7-6-8-12-31)32-16-18-33(19-17-32)46-23-10-24-49-42(61)55-63-28-27-51-43(62)64-44(2,3)4/h6-8,11-12,14-21,35,37,46,56H,5,9-10,13,22-29H2,1-4H3,(H,47,57)(H,51,62)(H,52,58)(H,53,59)(H2,49,55,61)(H4,45,48,50,54,60)/t35-,37?/m1/s1. The van der Waals surface area contributed by atoms with E-state index in [-0.39, 0.29) is 63.4 Å². The molecule has 64 heavy (non-hydrogen) atoms. The molecular weight excluding hydrogens is 827 g/mol. The number of anilines is 1. The number of nitrogens with one attached hydrogen (secondary N) is 9. The van der Waals surface area contributed by atoms with Gasteiger partial charge in [-0.25, -0.2) is 19.9 Å². The lowest BCUT2D eigenvalue weighted by atomic mass is 9.90. The number of benzene rings is 3. The van der Waals surface area contributed by atoms with E-state index in [0.717, 1.165) is 11.3 Å². The number of phenolic OH excluding ortho intramolecular Hbond substituents is 1. The number of ether oxygens (including phenoxy) is 1. The molecule has 0 aliphatic rings. The van der Waals surface area contributed by atoms with Gasteiger partial charge in [-0.05, 0) is 81.0 Å². The maximum absolute atomic E-state index is 14.2. The Bertz CT molecular complexity index is 1960. The van der Waals surface area contributed by atoms with E-state index in [1.54, 1.807) is 39.8 Å². The zero-order chi connectivity index (χ0) is 46.7. The predicted octanol–water partition coefficient (Wildman–Crippen LogP) is 2.80. The summed E-state index contributed by atoms with van der Waals surface area (Å²) < 4.78 is 5.13. The summed E-state index contributed by atoms with van der Waals surface area (Å²) in [5.41, 5.74) is 10.5. The average Bonchev–Trinajstić information content (AvgIpc) is 3.25. The summed E-state index contributed by atoms with van der Waals surface area (Å²) in [6, 6.07) is 20.8. The Morgan fingerprint density at radius 2 is 1.39 bits per heavy atom. The van der Waals surface area contributed by atoms with Crippen molar-refractivity contribution in [3.63, 3.8) is 0 Å². The van der Waals surface area contributed by atoms with Crippen LogP contribution in [0.15, 0.2) is 83.9 Å². The number of carbonyl (C=O) groups is 6. The van der Waals surface area contributed by atoms with Gasteiger partial charge in [0.2, 0.25) is 17.7 Å². The first-order valence-electron chi connectivity index (χ1n) is 21.1. The second kappa shape index (κ2) is 27.8. The van der Waals surface area contributed by atoms with Crippen molar-refractivity contribution in [1.29, 1.82) is 0 Å². The van der Waals surface area contributed by atoms with E-state index in [9.17, 15) is 33.9 Å². The molecule has 0 radical (unpaired) electrons. The van der Waals surface area contributed by atoms with Crippen molar-refractivity contribution in [1.82, 2.24) is 42.7 Å². The fourth-order valence-corrected chi connectivity index (χ4v) is 5.79. The number of nitrogens with zero attached hydrogens (tertiary/aromatic N) is 1. The van der Waals surface area contributed by atoms with E-state index >= 15 is 0 Å². The van der Waals surface area contributed by atoms with Crippen LogP contribution < -0.4 is 53.7 Å². The summed E-state index contributed by atoms with van der Waals surface area (Å²) in [4.78, 5) is 83.9. The quantitative estimate of drug-likeness (QED) is 0.0268. The number of hydrogen-bond donors (Lipinski definition) is 11. The number of hydrogen-bond acceptors (Lipinski definition) is 10. The highest BCUT2D eigenvalue weighted by molar-refractivity contribution is 5.93. The van der Waals surface area contributed by atoms with Crippen molar-refractivity contribution in [3.05, 3.63) is 95.6 Å². The van der Waals surface area contributed by atoms with Crippen molar-refractivity contribution < 1.29 is 43.4 Å². The number of guanidine groups is 1. The Kier molecular flexibility index (Phi) is 22.2. The van der Waals surface area contributed by atoms with Gasteiger partial charge in [0.15, 0.2) is 5.96 Å². The van der Waals surface area contributed by atoms with Gasteiger partial charge in [-0.1, -0.05) is 61.5 Å². The molecule has 12 N–H and O–H groups in total. The lowest BCUT2D eigenvalue weighted by Crippen LogP contribution is -2.48. The third kappa shape index (κ3) is 21.1. The summed E-state index contributed by atoms with van der Waals surface area (Å²) in [7, 11) is 0. The number of alkyl carbamates (subject to hydrolysis) is 1. The molecule has 0 aromatic heterocycles. The van der Waals surface area contributed by atoms with Gasteiger partial charge in [-0.2, -0.15) is 4.99 Å². The highest BCUT2D eigenvalue weighted by atomic mass is 16.7. The van der Waals surface area contributed by atoms with Crippen LogP contribution in [0.25, 0.3) is 0 Å². The molecule has 0 fully saturated rings. The number of rotatable bonds is 24. The smallest absolute Gasteiger partial charge is 0.407 e. The van der Waals surface area contributed by atoms with E-state index in [4.69, 9.17) is 15.3 Å². The third-order valence-corrected chi connectivity index (χ3v) is 8.92. The largest absolute Gasteiger partial charge is 0.508 e. The van der Waals surface area contributed by atoms with Crippen LogP contribution in [0.1, 0.15) is 76.0 Å². The highest BCUT2D eigenvalue weighted by Crippen LogP contribution is 2.27. The summed E-state index contributed by atoms with van der Waals surface area (Å²) in [5.74, 6) is -1.77. The highest BCUT2D eigenvalue weighted by Gasteiger charge is 2.28. The predicted molar refractivity (Wildman–Crippen MR) is 242 cm³/mol. The van der Waals surface area contributed by atoms with E-state index < -0.39 is 47.5 Å². The molecule has 0 bridgehead atoms. The molecule has 20 nitrogen and oxygen atoms in total. The Hall–Kier alpha value is -7.09. The van der Waals surface area contributed by atoms with Crippen LogP contribution in [-0.2, 0) is 30.5 Å². The van der Waals surface area contributed by atoms with Crippen molar-refractivity contribution in [2.45, 2.75) is 77.5 Å². The monoisotopic (exact) mass is 889 g/mol.